The summed E-state index contributed by atoms with van der Waals surface area (Å²) < 4.78 is 0. The average Bonchev–Trinajstić information content (AvgIpc) is 3.39. The van der Waals surface area contributed by atoms with Gasteiger partial charge in [0.2, 0.25) is 5.91 Å². The molecule has 1 heterocycles. The third-order valence-corrected chi connectivity index (χ3v) is 5.17. The molecule has 0 spiro atoms. The lowest BCUT2D eigenvalue weighted by atomic mass is 9.82. The molecule has 1 N–H and O–H groups in total. The van der Waals surface area contributed by atoms with E-state index < -0.39 is 0 Å². The van der Waals surface area contributed by atoms with Crippen molar-refractivity contribution in [2.45, 2.75) is 51.0 Å². The Morgan fingerprint density at radius 2 is 1.83 bits per heavy atom. The van der Waals surface area contributed by atoms with Gasteiger partial charge < -0.3 is 10.2 Å². The number of benzene rings is 1. The summed E-state index contributed by atoms with van der Waals surface area (Å²) in [6.07, 6.45) is 5.91. The van der Waals surface area contributed by atoms with Gasteiger partial charge in [0.15, 0.2) is 0 Å². The minimum atomic E-state index is -0.140. The normalized spacial score (nSPS) is 20.1. The zero-order valence-corrected chi connectivity index (χ0v) is 13.9. The Balaban J connectivity index is 1.68. The molecule has 1 aliphatic heterocycles. The van der Waals surface area contributed by atoms with Crippen LogP contribution in [0.5, 0.6) is 0 Å². The molecule has 1 aromatic carbocycles. The van der Waals surface area contributed by atoms with Crippen LogP contribution in [0.1, 0.15) is 55.8 Å². The van der Waals surface area contributed by atoms with Crippen LogP contribution >= 0.6 is 0 Å². The largest absolute Gasteiger partial charge is 0.346 e. The van der Waals surface area contributed by atoms with Gasteiger partial charge in [-0.1, -0.05) is 38.0 Å². The van der Waals surface area contributed by atoms with Gasteiger partial charge in [-0.25, -0.2) is 0 Å². The number of nitrogens with one attached hydrogen (secondary N) is 1. The highest BCUT2D eigenvalue weighted by Crippen LogP contribution is 2.40. The standard InChI is InChI=1S/C19H26N2O2/c1-2-17(22)21-12-10-19(11-13-21,14-15-8-9-15)20-18(23)16-6-4-3-5-7-16/h3-7,15H,2,8-14H2,1H3,(H,20,23). The summed E-state index contributed by atoms with van der Waals surface area (Å²) in [4.78, 5) is 26.4. The maximum atomic E-state index is 12.6. The fourth-order valence-electron chi connectivity index (χ4n) is 3.57. The monoisotopic (exact) mass is 314 g/mol. The van der Waals surface area contributed by atoms with Crippen molar-refractivity contribution in [1.29, 1.82) is 0 Å². The first-order valence-electron chi connectivity index (χ1n) is 8.77. The van der Waals surface area contributed by atoms with E-state index in [2.05, 4.69) is 5.32 Å². The maximum absolute atomic E-state index is 12.6. The highest BCUT2D eigenvalue weighted by atomic mass is 16.2. The number of hydrogen-bond donors (Lipinski definition) is 1. The fraction of sp³-hybridized carbons (Fsp3) is 0.579. The first-order chi connectivity index (χ1) is 11.1. The number of likely N-dealkylation sites (tertiary alicyclic amines) is 1. The van der Waals surface area contributed by atoms with E-state index in [9.17, 15) is 9.59 Å². The van der Waals surface area contributed by atoms with Crippen molar-refractivity contribution < 1.29 is 9.59 Å². The Morgan fingerprint density at radius 1 is 1.17 bits per heavy atom. The molecule has 2 fully saturated rings. The third-order valence-electron chi connectivity index (χ3n) is 5.17. The van der Waals surface area contributed by atoms with E-state index in [1.165, 1.54) is 12.8 Å². The number of carbonyl (C=O) groups is 2. The summed E-state index contributed by atoms with van der Waals surface area (Å²) in [5.74, 6) is 0.987. The van der Waals surface area contributed by atoms with E-state index in [1.54, 1.807) is 0 Å². The number of amides is 2. The van der Waals surface area contributed by atoms with Crippen LogP contribution in [0.3, 0.4) is 0 Å². The van der Waals surface area contributed by atoms with E-state index in [0.717, 1.165) is 43.8 Å². The van der Waals surface area contributed by atoms with Gasteiger partial charge in [-0.15, -0.1) is 0 Å². The number of carbonyl (C=O) groups excluding carboxylic acids is 2. The molecule has 4 nitrogen and oxygen atoms in total. The molecule has 1 aliphatic carbocycles. The second kappa shape index (κ2) is 6.73. The Bertz CT molecular complexity index is 558. The Labute approximate surface area is 138 Å². The molecule has 23 heavy (non-hydrogen) atoms. The molecule has 0 bridgehead atoms. The van der Waals surface area contributed by atoms with E-state index in [-0.39, 0.29) is 17.4 Å². The lowest BCUT2D eigenvalue weighted by molar-refractivity contribution is -0.132. The molecule has 124 valence electrons. The molecule has 1 aromatic rings. The minimum Gasteiger partial charge on any atom is -0.346 e. The van der Waals surface area contributed by atoms with Crippen LogP contribution in [0, 0.1) is 5.92 Å². The van der Waals surface area contributed by atoms with Crippen LogP contribution in [-0.2, 0) is 4.79 Å². The van der Waals surface area contributed by atoms with E-state index in [0.29, 0.717) is 6.42 Å². The van der Waals surface area contributed by atoms with Gasteiger partial charge in [0.1, 0.15) is 0 Å². The molecule has 1 saturated carbocycles. The second-order valence-electron chi connectivity index (χ2n) is 6.98. The summed E-state index contributed by atoms with van der Waals surface area (Å²) >= 11 is 0. The van der Waals surface area contributed by atoms with Crippen molar-refractivity contribution in [2.75, 3.05) is 13.1 Å². The van der Waals surface area contributed by atoms with Crippen LogP contribution in [0.25, 0.3) is 0 Å². The molecular formula is C19H26N2O2. The predicted molar refractivity (Wildman–Crippen MR) is 90.1 cm³/mol. The van der Waals surface area contributed by atoms with Gasteiger partial charge in [0, 0.05) is 30.6 Å². The molecule has 0 aromatic heterocycles. The van der Waals surface area contributed by atoms with Crippen molar-refractivity contribution in [3.05, 3.63) is 35.9 Å². The predicted octanol–water partition coefficient (Wildman–Crippen LogP) is 2.99. The molecule has 2 amide bonds. The summed E-state index contributed by atoms with van der Waals surface area (Å²) in [5.41, 5.74) is 0.577. The highest BCUT2D eigenvalue weighted by molar-refractivity contribution is 5.94. The van der Waals surface area contributed by atoms with Crippen LogP contribution < -0.4 is 5.32 Å². The molecule has 3 rings (SSSR count). The molecule has 0 atom stereocenters. The van der Waals surface area contributed by atoms with Crippen molar-refractivity contribution >= 4 is 11.8 Å². The molecule has 1 saturated heterocycles. The van der Waals surface area contributed by atoms with Gasteiger partial charge in [-0.3, -0.25) is 9.59 Å². The lowest BCUT2D eigenvalue weighted by Crippen LogP contribution is -2.56. The van der Waals surface area contributed by atoms with Gasteiger partial charge in [0.25, 0.3) is 5.91 Å². The third kappa shape index (κ3) is 3.92. The number of nitrogens with zero attached hydrogens (tertiary/aromatic N) is 1. The van der Waals surface area contributed by atoms with E-state index >= 15 is 0 Å². The van der Waals surface area contributed by atoms with Crippen molar-refractivity contribution in [1.82, 2.24) is 10.2 Å². The van der Waals surface area contributed by atoms with Crippen molar-refractivity contribution in [3.63, 3.8) is 0 Å². The van der Waals surface area contributed by atoms with E-state index in [4.69, 9.17) is 0 Å². The number of hydrogen-bond acceptors (Lipinski definition) is 2. The SMILES string of the molecule is CCC(=O)N1CCC(CC2CC2)(NC(=O)c2ccccc2)CC1. The van der Waals surface area contributed by atoms with Crippen molar-refractivity contribution in [2.24, 2.45) is 5.92 Å². The average molecular weight is 314 g/mol. The molecular weight excluding hydrogens is 288 g/mol. The van der Waals surface area contributed by atoms with E-state index in [1.807, 2.05) is 42.2 Å². The van der Waals surface area contributed by atoms with Crippen LogP contribution in [-0.4, -0.2) is 35.3 Å². The molecule has 2 aliphatic rings. The Kier molecular flexibility index (Phi) is 4.69. The minimum absolute atomic E-state index is 0.0153. The van der Waals surface area contributed by atoms with Crippen LogP contribution in [0.15, 0.2) is 30.3 Å². The second-order valence-corrected chi connectivity index (χ2v) is 6.98. The van der Waals surface area contributed by atoms with Gasteiger partial charge in [0.05, 0.1) is 0 Å². The first kappa shape index (κ1) is 16.0. The Hall–Kier alpha value is -1.84. The smallest absolute Gasteiger partial charge is 0.251 e. The topological polar surface area (TPSA) is 49.4 Å². The van der Waals surface area contributed by atoms with Crippen LogP contribution in [0.2, 0.25) is 0 Å². The highest BCUT2D eigenvalue weighted by Gasteiger charge is 2.41. The zero-order valence-electron chi connectivity index (χ0n) is 13.9. The molecule has 0 unspecified atom stereocenters. The summed E-state index contributed by atoms with van der Waals surface area (Å²) in [6, 6.07) is 9.42. The molecule has 4 heteroatoms. The Morgan fingerprint density at radius 3 is 2.39 bits per heavy atom. The fourth-order valence-corrected chi connectivity index (χ4v) is 3.57. The van der Waals surface area contributed by atoms with Gasteiger partial charge in [-0.05, 0) is 37.3 Å². The maximum Gasteiger partial charge on any atom is 0.251 e. The molecule has 0 radical (unpaired) electrons. The van der Waals surface area contributed by atoms with Crippen molar-refractivity contribution in [3.8, 4) is 0 Å². The van der Waals surface area contributed by atoms with Gasteiger partial charge >= 0.3 is 0 Å². The first-order valence-corrected chi connectivity index (χ1v) is 8.77. The zero-order chi connectivity index (χ0) is 16.3. The summed E-state index contributed by atoms with van der Waals surface area (Å²) in [5, 5.41) is 3.32. The van der Waals surface area contributed by atoms with Gasteiger partial charge in [-0.2, -0.15) is 0 Å². The number of piperidine rings is 1. The lowest BCUT2D eigenvalue weighted by Gasteiger charge is -2.42. The van der Waals surface area contributed by atoms with Crippen LogP contribution in [0.4, 0.5) is 0 Å². The quantitative estimate of drug-likeness (QED) is 0.908. The number of rotatable bonds is 5. The summed E-state index contributed by atoms with van der Waals surface area (Å²) in [7, 11) is 0. The summed E-state index contributed by atoms with van der Waals surface area (Å²) in [6.45, 7) is 3.43.